The third kappa shape index (κ3) is 6.10. The third-order valence-electron chi connectivity index (χ3n) is 6.44. The first-order chi connectivity index (χ1) is 20.0. The number of nitrogens with zero attached hydrogens (tertiary/aromatic N) is 2. The lowest BCUT2D eigenvalue weighted by Gasteiger charge is -2.11. The van der Waals surface area contributed by atoms with Gasteiger partial charge in [0.2, 0.25) is 0 Å². The van der Waals surface area contributed by atoms with Gasteiger partial charge in [0, 0.05) is 22.7 Å². The van der Waals surface area contributed by atoms with Crippen molar-refractivity contribution in [2.45, 2.75) is 13.5 Å². The zero-order chi connectivity index (χ0) is 28.8. The quantitative estimate of drug-likeness (QED) is 0.207. The van der Waals surface area contributed by atoms with Gasteiger partial charge < -0.3 is 28.6 Å². The van der Waals surface area contributed by atoms with Crippen molar-refractivity contribution >= 4 is 45.4 Å². The third-order valence-corrected chi connectivity index (χ3v) is 7.46. The van der Waals surface area contributed by atoms with E-state index in [9.17, 15) is 9.90 Å². The molecule has 3 aromatic carbocycles. The number of aromatic nitrogens is 1. The van der Waals surface area contributed by atoms with Crippen LogP contribution in [-0.2, 0) is 16.1 Å². The molecule has 5 rings (SSSR count). The van der Waals surface area contributed by atoms with Gasteiger partial charge in [-0.1, -0.05) is 42.1 Å². The molecule has 1 aromatic heterocycles. The molecule has 0 aliphatic carbocycles. The van der Waals surface area contributed by atoms with E-state index in [1.807, 2.05) is 60.8 Å². The molecule has 9 heteroatoms. The summed E-state index contributed by atoms with van der Waals surface area (Å²) in [5.41, 5.74) is 2.58. The summed E-state index contributed by atoms with van der Waals surface area (Å²) in [7, 11) is 3.21. The molecule has 0 unspecified atom stereocenters. The first-order valence-corrected chi connectivity index (χ1v) is 13.9. The molecule has 0 saturated carbocycles. The minimum atomic E-state index is -0.621. The maximum Gasteiger partial charge on any atom is 0.344 e. The Morgan fingerprint density at radius 1 is 0.976 bits per heavy atom. The second-order valence-corrected chi connectivity index (χ2v) is 9.99. The van der Waals surface area contributed by atoms with Crippen LogP contribution in [0, 0.1) is 0 Å². The molecule has 0 saturated heterocycles. The molecule has 4 aromatic rings. The van der Waals surface area contributed by atoms with Crippen molar-refractivity contribution in [1.82, 2.24) is 4.57 Å². The van der Waals surface area contributed by atoms with Crippen LogP contribution in [0.25, 0.3) is 17.0 Å². The molecule has 8 nitrogen and oxygen atoms in total. The lowest BCUT2D eigenvalue weighted by molar-refractivity contribution is -0.138. The fraction of sp³-hybridized carbons (Fsp3) is 0.188. The first kappa shape index (κ1) is 27.9. The number of aliphatic imine (C=N–C) groups is 1. The molecule has 1 aliphatic rings. The molecule has 0 radical (unpaired) electrons. The predicted molar refractivity (Wildman–Crippen MR) is 162 cm³/mol. The Kier molecular flexibility index (Phi) is 8.64. The number of aliphatic hydroxyl groups excluding tert-OH is 1. The highest BCUT2D eigenvalue weighted by atomic mass is 32.2. The molecule has 1 aliphatic heterocycles. The summed E-state index contributed by atoms with van der Waals surface area (Å²) in [6.45, 7) is 2.93. The molecule has 210 valence electrons. The van der Waals surface area contributed by atoms with Gasteiger partial charge in [0.25, 0.3) is 0 Å². The smallest absolute Gasteiger partial charge is 0.344 e. The average molecular weight is 571 g/mol. The molecule has 41 heavy (non-hydrogen) atoms. The lowest BCUT2D eigenvalue weighted by atomic mass is 10.1. The van der Waals surface area contributed by atoms with Crippen molar-refractivity contribution in [2.75, 3.05) is 27.4 Å². The molecule has 0 bridgehead atoms. The number of fused-ring (bicyclic) bond motifs is 1. The van der Waals surface area contributed by atoms with E-state index >= 15 is 0 Å². The van der Waals surface area contributed by atoms with Gasteiger partial charge in [0.15, 0.2) is 11.5 Å². The van der Waals surface area contributed by atoms with Crippen LogP contribution < -0.4 is 14.2 Å². The van der Waals surface area contributed by atoms with Crippen LogP contribution in [-0.4, -0.2) is 48.1 Å². The van der Waals surface area contributed by atoms with Gasteiger partial charge in [0.05, 0.1) is 38.0 Å². The Morgan fingerprint density at radius 2 is 1.71 bits per heavy atom. The van der Waals surface area contributed by atoms with Gasteiger partial charge >= 0.3 is 5.97 Å². The fourth-order valence-electron chi connectivity index (χ4n) is 4.47. The van der Waals surface area contributed by atoms with Crippen molar-refractivity contribution in [2.24, 2.45) is 4.99 Å². The standard InChI is InChI=1S/C32H30N2O6S/c1-4-39-32(36)29-30(35)28(41-31(29)33-22-13-15-23(37-2)16-14-22)19-21-20-34(25-10-6-5-9-24(21)25)17-18-40-27-12-8-7-11-26(27)38-3/h5-16,19-20,35H,4,17-18H2,1-3H3/b28-19-,33-31?. The van der Waals surface area contributed by atoms with Gasteiger partial charge in [-0.25, -0.2) is 9.79 Å². The van der Waals surface area contributed by atoms with E-state index in [0.29, 0.717) is 46.0 Å². The minimum Gasteiger partial charge on any atom is -0.506 e. The fourth-order valence-corrected chi connectivity index (χ4v) is 5.50. The van der Waals surface area contributed by atoms with Gasteiger partial charge in [-0.05, 0) is 55.5 Å². The Balaban J connectivity index is 1.46. The van der Waals surface area contributed by atoms with Gasteiger partial charge in [0.1, 0.15) is 28.7 Å². The number of esters is 1. The van der Waals surface area contributed by atoms with Crippen LogP contribution in [0.4, 0.5) is 5.69 Å². The maximum absolute atomic E-state index is 12.8. The van der Waals surface area contributed by atoms with E-state index in [0.717, 1.165) is 16.5 Å². The van der Waals surface area contributed by atoms with E-state index < -0.39 is 5.97 Å². The highest BCUT2D eigenvalue weighted by Gasteiger charge is 2.33. The van der Waals surface area contributed by atoms with Gasteiger partial charge in [-0.15, -0.1) is 0 Å². The number of thioether (sulfide) groups is 1. The normalized spacial score (nSPS) is 15.1. The molecule has 1 N–H and O–H groups in total. The number of methoxy groups -OCH3 is 2. The molecule has 0 atom stereocenters. The van der Waals surface area contributed by atoms with Crippen LogP contribution in [0.2, 0.25) is 0 Å². The topological polar surface area (TPSA) is 91.5 Å². The number of hydrogen-bond acceptors (Lipinski definition) is 8. The zero-order valence-corrected chi connectivity index (χ0v) is 23.8. The van der Waals surface area contributed by atoms with E-state index in [-0.39, 0.29) is 17.9 Å². The Bertz CT molecular complexity index is 1650. The van der Waals surface area contributed by atoms with E-state index in [2.05, 4.69) is 9.56 Å². The SMILES string of the molecule is CCOC(=O)C1=C(O)/C(=C/c2cn(CCOc3ccccc3OC)c3ccccc23)SC1=Nc1ccc(OC)cc1. The summed E-state index contributed by atoms with van der Waals surface area (Å²) in [5.74, 6) is 1.28. The molecule has 0 amide bonds. The van der Waals surface area contributed by atoms with Crippen molar-refractivity contribution < 1.29 is 28.8 Å². The van der Waals surface area contributed by atoms with Gasteiger partial charge in [-0.3, -0.25) is 0 Å². The highest BCUT2D eigenvalue weighted by Crippen LogP contribution is 2.41. The van der Waals surface area contributed by atoms with Crippen LogP contribution in [0.15, 0.2) is 100 Å². The number of carbonyl (C=O) groups is 1. The second-order valence-electron chi connectivity index (χ2n) is 8.96. The average Bonchev–Trinajstić information content (AvgIpc) is 3.50. The summed E-state index contributed by atoms with van der Waals surface area (Å²) in [6.07, 6.45) is 3.88. The number of aliphatic hydroxyl groups is 1. The lowest BCUT2D eigenvalue weighted by Crippen LogP contribution is -2.12. The van der Waals surface area contributed by atoms with Crippen molar-refractivity contribution in [1.29, 1.82) is 0 Å². The number of hydrogen-bond donors (Lipinski definition) is 1. The largest absolute Gasteiger partial charge is 0.506 e. The number of ether oxygens (including phenoxy) is 4. The van der Waals surface area contributed by atoms with Crippen molar-refractivity contribution in [3.63, 3.8) is 0 Å². The molecule has 0 fully saturated rings. The molecule has 0 spiro atoms. The molecular formula is C32H30N2O6S. The molecule has 2 heterocycles. The summed E-state index contributed by atoms with van der Waals surface area (Å²) < 4.78 is 24.0. The van der Waals surface area contributed by atoms with E-state index in [1.54, 1.807) is 45.4 Å². The minimum absolute atomic E-state index is 0.0489. The summed E-state index contributed by atoms with van der Waals surface area (Å²) >= 11 is 1.22. The second kappa shape index (κ2) is 12.7. The van der Waals surface area contributed by atoms with Crippen LogP contribution in [0.5, 0.6) is 17.2 Å². The van der Waals surface area contributed by atoms with Crippen LogP contribution in [0.1, 0.15) is 12.5 Å². The van der Waals surface area contributed by atoms with Gasteiger partial charge in [-0.2, -0.15) is 0 Å². The van der Waals surface area contributed by atoms with E-state index in [1.165, 1.54) is 11.8 Å². The monoisotopic (exact) mass is 570 g/mol. The maximum atomic E-state index is 12.8. The van der Waals surface area contributed by atoms with Crippen molar-refractivity contribution in [3.8, 4) is 17.2 Å². The first-order valence-electron chi connectivity index (χ1n) is 13.1. The number of benzene rings is 3. The predicted octanol–water partition coefficient (Wildman–Crippen LogP) is 6.93. The summed E-state index contributed by atoms with van der Waals surface area (Å²) in [5, 5.41) is 12.6. The summed E-state index contributed by atoms with van der Waals surface area (Å²) in [4.78, 5) is 18.0. The molecular weight excluding hydrogens is 540 g/mol. The Morgan fingerprint density at radius 3 is 2.44 bits per heavy atom. The van der Waals surface area contributed by atoms with Crippen LogP contribution in [0.3, 0.4) is 0 Å². The number of para-hydroxylation sites is 3. The Labute approximate surface area is 242 Å². The van der Waals surface area contributed by atoms with Crippen LogP contribution >= 0.6 is 11.8 Å². The van der Waals surface area contributed by atoms with Crippen molar-refractivity contribution in [3.05, 3.63) is 101 Å². The zero-order valence-electron chi connectivity index (χ0n) is 23.0. The number of rotatable bonds is 10. The number of carbonyl (C=O) groups excluding carboxylic acids is 1. The Hall–Kier alpha value is -4.63. The van der Waals surface area contributed by atoms with E-state index in [4.69, 9.17) is 18.9 Å². The summed E-state index contributed by atoms with van der Waals surface area (Å²) in [6, 6.07) is 22.7. The highest BCUT2D eigenvalue weighted by molar-refractivity contribution is 8.18.